The summed E-state index contributed by atoms with van der Waals surface area (Å²) >= 11 is 7.33. The number of nitrogens with zero attached hydrogens (tertiary/aromatic N) is 5. The molecule has 0 aliphatic rings. The van der Waals surface area contributed by atoms with Gasteiger partial charge in [-0.05, 0) is 30.3 Å². The summed E-state index contributed by atoms with van der Waals surface area (Å²) in [5.41, 5.74) is 1.39. The molecule has 168 valence electrons. The monoisotopic (exact) mass is 491 g/mol. The molecule has 5 rings (SSSR count). The van der Waals surface area contributed by atoms with Crippen molar-refractivity contribution in [3.05, 3.63) is 108 Å². The van der Waals surface area contributed by atoms with Gasteiger partial charge in [0.05, 0.1) is 9.46 Å². The van der Waals surface area contributed by atoms with E-state index in [1.165, 1.54) is 22.7 Å². The van der Waals surface area contributed by atoms with Gasteiger partial charge in [-0.2, -0.15) is 9.50 Å². The zero-order chi connectivity index (χ0) is 23.7. The van der Waals surface area contributed by atoms with Crippen LogP contribution in [0, 0.1) is 10.1 Å². The first kappa shape index (κ1) is 21.7. The number of hydrogen-bond acceptors (Lipinski definition) is 8. The number of non-ortho nitro benzene ring substituents is 1. The van der Waals surface area contributed by atoms with Crippen LogP contribution in [0.3, 0.4) is 0 Å². The van der Waals surface area contributed by atoms with Crippen molar-refractivity contribution < 1.29 is 9.66 Å². The molecule has 11 heteroatoms. The molecule has 0 unspecified atom stereocenters. The standard InChI is InChI=1S/C23H14ClN5O4S/c24-18-4-2-1-3-15(18)13-33-19-6-5-17(29(31)32)11-16(19)12-20-22(30)28-23(34-20)26-21(27-28)14-7-9-25-10-8-14/h1-12H,13H2/b20-12+. The molecule has 0 radical (unpaired) electrons. The molecule has 5 aromatic rings. The predicted molar refractivity (Wildman–Crippen MR) is 128 cm³/mol. The summed E-state index contributed by atoms with van der Waals surface area (Å²) in [5.74, 6) is 0.790. The smallest absolute Gasteiger partial charge is 0.291 e. The molecule has 0 spiro atoms. The van der Waals surface area contributed by atoms with E-state index in [1.807, 2.05) is 18.2 Å². The zero-order valence-corrected chi connectivity index (χ0v) is 18.9. The average Bonchev–Trinajstić information content (AvgIpc) is 3.39. The summed E-state index contributed by atoms with van der Waals surface area (Å²) in [6.45, 7) is 0.160. The number of halogens is 1. The summed E-state index contributed by atoms with van der Waals surface area (Å²) in [4.78, 5) is 32.6. The number of pyridine rings is 1. The van der Waals surface area contributed by atoms with E-state index in [0.717, 1.165) is 22.5 Å². The lowest BCUT2D eigenvalue weighted by Gasteiger charge is -2.10. The SMILES string of the molecule is O=c1/c(=C\c2cc([N+](=O)[O-])ccc2OCc2ccccc2Cl)sc2nc(-c3ccncc3)nn12. The van der Waals surface area contributed by atoms with Crippen LogP contribution in [0.2, 0.25) is 5.02 Å². The van der Waals surface area contributed by atoms with Crippen LogP contribution >= 0.6 is 22.9 Å². The van der Waals surface area contributed by atoms with Gasteiger partial charge in [-0.15, -0.1) is 5.10 Å². The van der Waals surface area contributed by atoms with E-state index in [-0.39, 0.29) is 17.9 Å². The van der Waals surface area contributed by atoms with E-state index in [2.05, 4.69) is 15.1 Å². The molecule has 3 heterocycles. The van der Waals surface area contributed by atoms with Crippen molar-refractivity contribution in [3.63, 3.8) is 0 Å². The summed E-state index contributed by atoms with van der Waals surface area (Å²) in [6, 6.07) is 14.9. The van der Waals surface area contributed by atoms with Gasteiger partial charge in [0, 0.05) is 46.2 Å². The minimum absolute atomic E-state index is 0.122. The maximum atomic E-state index is 13.0. The Morgan fingerprint density at radius 2 is 1.94 bits per heavy atom. The van der Waals surface area contributed by atoms with Gasteiger partial charge < -0.3 is 4.74 Å². The van der Waals surface area contributed by atoms with Gasteiger partial charge in [0.1, 0.15) is 12.4 Å². The Balaban J connectivity index is 1.55. The van der Waals surface area contributed by atoms with Crippen LogP contribution < -0.4 is 14.8 Å². The minimum Gasteiger partial charge on any atom is -0.488 e. The van der Waals surface area contributed by atoms with Crippen molar-refractivity contribution in [1.29, 1.82) is 0 Å². The third-order valence-corrected chi connectivity index (χ3v) is 6.28. The van der Waals surface area contributed by atoms with Crippen molar-refractivity contribution in [2.24, 2.45) is 0 Å². The van der Waals surface area contributed by atoms with Gasteiger partial charge in [0.2, 0.25) is 4.96 Å². The van der Waals surface area contributed by atoms with E-state index in [9.17, 15) is 14.9 Å². The van der Waals surface area contributed by atoms with Gasteiger partial charge in [0.25, 0.3) is 11.2 Å². The zero-order valence-electron chi connectivity index (χ0n) is 17.3. The van der Waals surface area contributed by atoms with Gasteiger partial charge in [-0.1, -0.05) is 41.1 Å². The largest absolute Gasteiger partial charge is 0.488 e. The fraction of sp³-hybridized carbons (Fsp3) is 0.0435. The van der Waals surface area contributed by atoms with E-state index in [1.54, 1.807) is 36.7 Å². The van der Waals surface area contributed by atoms with Crippen molar-refractivity contribution in [1.82, 2.24) is 19.6 Å². The molecule has 0 fully saturated rings. The number of thiazole rings is 1. The second kappa shape index (κ2) is 9.00. The molecule has 9 nitrogen and oxygen atoms in total. The number of ether oxygens (including phenoxy) is 1. The van der Waals surface area contributed by atoms with E-state index in [4.69, 9.17) is 16.3 Å². The average molecular weight is 492 g/mol. The maximum absolute atomic E-state index is 13.0. The molecule has 0 aliphatic carbocycles. The van der Waals surface area contributed by atoms with E-state index >= 15 is 0 Å². The van der Waals surface area contributed by atoms with Gasteiger partial charge in [-0.3, -0.25) is 19.9 Å². The molecule has 0 aliphatic heterocycles. The lowest BCUT2D eigenvalue weighted by Crippen LogP contribution is -2.23. The van der Waals surface area contributed by atoms with Crippen molar-refractivity contribution in [3.8, 4) is 17.1 Å². The Morgan fingerprint density at radius 1 is 1.15 bits per heavy atom. The number of rotatable bonds is 6. The van der Waals surface area contributed by atoms with Crippen LogP contribution in [0.25, 0.3) is 22.4 Å². The molecule has 3 aromatic heterocycles. The first-order valence-corrected chi connectivity index (χ1v) is 11.2. The summed E-state index contributed by atoms with van der Waals surface area (Å²) in [6.07, 6.45) is 4.78. The number of fused-ring (bicyclic) bond motifs is 1. The van der Waals surface area contributed by atoms with Crippen LogP contribution in [-0.2, 0) is 6.61 Å². The van der Waals surface area contributed by atoms with Crippen LogP contribution in [0.15, 0.2) is 71.8 Å². The van der Waals surface area contributed by atoms with Crippen LogP contribution in [-0.4, -0.2) is 24.5 Å². The lowest BCUT2D eigenvalue weighted by molar-refractivity contribution is -0.384. The first-order chi connectivity index (χ1) is 16.5. The summed E-state index contributed by atoms with van der Waals surface area (Å²) in [7, 11) is 0. The molecular formula is C23H14ClN5O4S. The molecule has 34 heavy (non-hydrogen) atoms. The van der Waals surface area contributed by atoms with Crippen LogP contribution in [0.4, 0.5) is 5.69 Å². The third-order valence-electron chi connectivity index (χ3n) is 4.95. The number of aromatic nitrogens is 4. The molecule has 0 N–H and O–H groups in total. The number of nitro benzene ring substituents is 1. The maximum Gasteiger partial charge on any atom is 0.291 e. The molecule has 0 saturated heterocycles. The van der Waals surface area contributed by atoms with Crippen LogP contribution in [0.5, 0.6) is 5.75 Å². The number of hydrogen-bond donors (Lipinski definition) is 0. The number of nitro groups is 1. The van der Waals surface area contributed by atoms with Gasteiger partial charge in [-0.25, -0.2) is 0 Å². The Kier molecular flexibility index (Phi) is 5.74. The van der Waals surface area contributed by atoms with E-state index in [0.29, 0.717) is 31.7 Å². The Bertz CT molecular complexity index is 1630. The third kappa shape index (κ3) is 4.24. The van der Waals surface area contributed by atoms with Crippen molar-refractivity contribution in [2.75, 3.05) is 0 Å². The molecule has 0 bridgehead atoms. The topological polar surface area (TPSA) is 113 Å². The molecule has 0 saturated carbocycles. The Morgan fingerprint density at radius 3 is 2.68 bits per heavy atom. The van der Waals surface area contributed by atoms with Crippen molar-refractivity contribution in [2.45, 2.75) is 6.61 Å². The fourth-order valence-corrected chi connectivity index (χ4v) is 4.35. The Labute approximate surface area is 200 Å². The summed E-state index contributed by atoms with van der Waals surface area (Å²) < 4.78 is 7.44. The van der Waals surface area contributed by atoms with Gasteiger partial charge >= 0.3 is 0 Å². The molecule has 0 amide bonds. The Hall–Kier alpha value is -4.15. The number of benzene rings is 2. The fourth-order valence-electron chi connectivity index (χ4n) is 3.26. The van der Waals surface area contributed by atoms with Crippen molar-refractivity contribution >= 4 is 39.7 Å². The minimum atomic E-state index is -0.503. The van der Waals surface area contributed by atoms with Gasteiger partial charge in [0.15, 0.2) is 5.82 Å². The second-order valence-electron chi connectivity index (χ2n) is 7.14. The second-order valence-corrected chi connectivity index (χ2v) is 8.56. The first-order valence-electron chi connectivity index (χ1n) is 9.96. The van der Waals surface area contributed by atoms with E-state index < -0.39 is 4.92 Å². The molecule has 2 aromatic carbocycles. The quantitative estimate of drug-likeness (QED) is 0.261. The molecule has 0 atom stereocenters. The highest BCUT2D eigenvalue weighted by atomic mass is 35.5. The normalized spacial score (nSPS) is 11.7. The summed E-state index contributed by atoms with van der Waals surface area (Å²) in [5, 5.41) is 16.2. The highest BCUT2D eigenvalue weighted by Crippen LogP contribution is 2.27. The predicted octanol–water partition coefficient (Wildman–Crippen LogP) is 3.90. The highest BCUT2D eigenvalue weighted by molar-refractivity contribution is 7.15. The lowest BCUT2D eigenvalue weighted by atomic mass is 10.1. The van der Waals surface area contributed by atoms with Crippen LogP contribution in [0.1, 0.15) is 11.1 Å². The molecular weight excluding hydrogens is 478 g/mol. The highest BCUT2D eigenvalue weighted by Gasteiger charge is 2.15.